The predicted molar refractivity (Wildman–Crippen MR) is 115 cm³/mol. The van der Waals surface area contributed by atoms with Crippen molar-refractivity contribution < 1.29 is 13.2 Å². The maximum absolute atomic E-state index is 12.3. The number of rotatable bonds is 10. The fourth-order valence-corrected chi connectivity index (χ4v) is 4.29. The van der Waals surface area contributed by atoms with Crippen LogP contribution in [0, 0.1) is 0 Å². The average molecular weight is 468 g/mol. The van der Waals surface area contributed by atoms with Crippen molar-refractivity contribution in [1.82, 2.24) is 14.9 Å². The molecule has 0 radical (unpaired) electrons. The van der Waals surface area contributed by atoms with Crippen LogP contribution < -0.4 is 10.0 Å². The summed E-state index contributed by atoms with van der Waals surface area (Å²) in [6.07, 6.45) is 0.905. The van der Waals surface area contributed by atoms with Crippen molar-refractivity contribution in [3.63, 3.8) is 0 Å². The molecule has 2 N–H and O–H groups in total. The minimum Gasteiger partial charge on any atom is -0.354 e. The molecule has 0 aliphatic heterocycles. The smallest absolute Gasteiger partial charge is 0.240 e. The molecule has 0 aromatic heterocycles. The Morgan fingerprint density at radius 2 is 1.82 bits per heavy atom. The lowest BCUT2D eigenvalue weighted by Crippen LogP contribution is -2.42. The number of nitrogens with one attached hydrogen (secondary N) is 2. The molecule has 0 saturated heterocycles. The van der Waals surface area contributed by atoms with E-state index < -0.39 is 10.0 Å². The Morgan fingerprint density at radius 3 is 2.46 bits per heavy atom. The second-order valence-electron chi connectivity index (χ2n) is 6.72. The van der Waals surface area contributed by atoms with Gasteiger partial charge >= 0.3 is 0 Å². The number of carbonyl (C=O) groups is 1. The Labute approximate surface area is 175 Å². The Kier molecular flexibility index (Phi) is 8.62. The van der Waals surface area contributed by atoms with Crippen LogP contribution in [0.1, 0.15) is 12.0 Å². The summed E-state index contributed by atoms with van der Waals surface area (Å²) in [7, 11) is 0.324. The third-order valence-corrected chi connectivity index (χ3v) is 6.28. The molecule has 0 saturated carbocycles. The number of nitrogens with zero attached hydrogens (tertiary/aromatic N) is 1. The lowest BCUT2D eigenvalue weighted by atomic mass is 10.1. The molecule has 28 heavy (non-hydrogen) atoms. The molecule has 8 heteroatoms. The highest BCUT2D eigenvalue weighted by Gasteiger charge is 2.16. The molecule has 0 bridgehead atoms. The van der Waals surface area contributed by atoms with Crippen LogP contribution in [0.5, 0.6) is 0 Å². The van der Waals surface area contributed by atoms with E-state index in [0.717, 1.165) is 6.42 Å². The van der Waals surface area contributed by atoms with E-state index >= 15 is 0 Å². The first-order valence-electron chi connectivity index (χ1n) is 9.00. The Bertz CT molecular complexity index is 873. The monoisotopic (exact) mass is 467 g/mol. The van der Waals surface area contributed by atoms with Crippen molar-refractivity contribution in [3.05, 3.63) is 64.6 Å². The van der Waals surface area contributed by atoms with Crippen molar-refractivity contribution in [3.8, 4) is 0 Å². The van der Waals surface area contributed by atoms with Crippen LogP contribution >= 0.6 is 15.9 Å². The first-order valence-corrected chi connectivity index (χ1v) is 11.3. The maximum Gasteiger partial charge on any atom is 0.240 e. The van der Waals surface area contributed by atoms with Crippen LogP contribution in [0.25, 0.3) is 0 Å². The number of hydrogen-bond donors (Lipinski definition) is 2. The van der Waals surface area contributed by atoms with Gasteiger partial charge in [0.1, 0.15) is 0 Å². The Balaban J connectivity index is 1.79. The fourth-order valence-electron chi connectivity index (χ4n) is 2.66. The molecule has 0 aliphatic rings. The topological polar surface area (TPSA) is 78.5 Å². The standard InChI is InChI=1S/C20H26BrN3O3S/c1-24(2)18(13-16-7-4-3-5-8-16)15-22-20(25)11-12-23-28(26,27)19-10-6-9-17(21)14-19/h3-10,14,18,23H,11-13,15H2,1-2H3,(H,22,25). The summed E-state index contributed by atoms with van der Waals surface area (Å²) in [5.41, 5.74) is 1.21. The van der Waals surface area contributed by atoms with Gasteiger partial charge in [-0.3, -0.25) is 4.79 Å². The van der Waals surface area contributed by atoms with Crippen LogP contribution in [0.3, 0.4) is 0 Å². The van der Waals surface area contributed by atoms with Gasteiger partial charge in [-0.05, 0) is 44.3 Å². The van der Waals surface area contributed by atoms with Crippen molar-refractivity contribution in [2.75, 3.05) is 27.2 Å². The fraction of sp³-hybridized carbons (Fsp3) is 0.350. The van der Waals surface area contributed by atoms with Crippen molar-refractivity contribution in [2.24, 2.45) is 0 Å². The van der Waals surface area contributed by atoms with Crippen LogP contribution in [-0.4, -0.2) is 52.5 Å². The van der Waals surface area contributed by atoms with Crippen molar-refractivity contribution in [1.29, 1.82) is 0 Å². The Morgan fingerprint density at radius 1 is 1.11 bits per heavy atom. The van der Waals surface area contributed by atoms with Gasteiger partial charge in [0.2, 0.25) is 15.9 Å². The molecule has 0 heterocycles. The lowest BCUT2D eigenvalue weighted by Gasteiger charge is -2.24. The summed E-state index contributed by atoms with van der Waals surface area (Å²) in [6.45, 7) is 0.547. The molecule has 0 spiro atoms. The van der Waals surface area contributed by atoms with E-state index in [0.29, 0.717) is 11.0 Å². The van der Waals surface area contributed by atoms with Crippen molar-refractivity contribution in [2.45, 2.75) is 23.8 Å². The number of amides is 1. The van der Waals surface area contributed by atoms with Gasteiger partial charge in [0.25, 0.3) is 0 Å². The summed E-state index contributed by atoms with van der Waals surface area (Å²) in [5.74, 6) is -0.183. The highest BCUT2D eigenvalue weighted by molar-refractivity contribution is 9.10. The number of sulfonamides is 1. The van der Waals surface area contributed by atoms with Crippen molar-refractivity contribution >= 4 is 31.9 Å². The zero-order valence-corrected chi connectivity index (χ0v) is 18.5. The van der Waals surface area contributed by atoms with Gasteiger partial charge in [-0.15, -0.1) is 0 Å². The SMILES string of the molecule is CN(C)C(CNC(=O)CCNS(=O)(=O)c1cccc(Br)c1)Cc1ccccc1. The van der Waals surface area contributed by atoms with Gasteiger partial charge in [-0.2, -0.15) is 0 Å². The molecule has 1 atom stereocenters. The quantitative estimate of drug-likeness (QED) is 0.562. The number of halogens is 1. The molecule has 1 amide bonds. The number of hydrogen-bond acceptors (Lipinski definition) is 4. The minimum absolute atomic E-state index is 0.0476. The molecule has 152 valence electrons. The summed E-state index contributed by atoms with van der Waals surface area (Å²) in [4.78, 5) is 14.4. The molecule has 6 nitrogen and oxygen atoms in total. The summed E-state index contributed by atoms with van der Waals surface area (Å²) in [6, 6.07) is 16.7. The molecular weight excluding hydrogens is 442 g/mol. The predicted octanol–water partition coefficient (Wildman–Crippen LogP) is 2.41. The number of carbonyl (C=O) groups excluding carboxylic acids is 1. The average Bonchev–Trinajstić information content (AvgIpc) is 2.65. The maximum atomic E-state index is 12.3. The minimum atomic E-state index is -3.63. The van der Waals surface area contributed by atoms with Crippen LogP contribution in [0.2, 0.25) is 0 Å². The van der Waals surface area contributed by atoms with Crippen LogP contribution in [0.15, 0.2) is 64.0 Å². The lowest BCUT2D eigenvalue weighted by molar-refractivity contribution is -0.121. The summed E-state index contributed by atoms with van der Waals surface area (Å²) in [5, 5.41) is 2.90. The second-order valence-corrected chi connectivity index (χ2v) is 9.40. The molecule has 2 aromatic carbocycles. The molecule has 2 aromatic rings. The molecular formula is C20H26BrN3O3S. The van der Waals surface area contributed by atoms with Gasteiger partial charge in [0.05, 0.1) is 4.90 Å². The third kappa shape index (κ3) is 7.35. The zero-order valence-electron chi connectivity index (χ0n) is 16.1. The van der Waals surface area contributed by atoms with E-state index in [1.807, 2.05) is 32.3 Å². The third-order valence-electron chi connectivity index (χ3n) is 4.33. The largest absolute Gasteiger partial charge is 0.354 e. The highest BCUT2D eigenvalue weighted by Crippen LogP contribution is 2.15. The summed E-state index contributed by atoms with van der Waals surface area (Å²) >= 11 is 3.25. The zero-order chi connectivity index (χ0) is 20.6. The van der Waals surface area contributed by atoms with Gasteiger partial charge in [-0.1, -0.05) is 52.3 Å². The molecule has 2 rings (SSSR count). The van der Waals surface area contributed by atoms with Gasteiger partial charge in [-0.25, -0.2) is 13.1 Å². The molecule has 1 unspecified atom stereocenters. The second kappa shape index (κ2) is 10.7. The normalized spacial score (nSPS) is 12.7. The van der Waals surface area contributed by atoms with Gasteiger partial charge in [0, 0.05) is 30.0 Å². The number of likely N-dealkylation sites (N-methyl/N-ethyl adjacent to an activating group) is 1. The first kappa shape index (κ1) is 22.5. The van der Waals surface area contributed by atoms with E-state index in [2.05, 4.69) is 43.0 Å². The highest BCUT2D eigenvalue weighted by atomic mass is 79.9. The van der Waals surface area contributed by atoms with E-state index in [-0.39, 0.29) is 29.8 Å². The van der Waals surface area contributed by atoms with Gasteiger partial charge < -0.3 is 10.2 Å². The Hall–Kier alpha value is -1.74. The van der Waals surface area contributed by atoms with E-state index in [9.17, 15) is 13.2 Å². The van der Waals surface area contributed by atoms with E-state index in [4.69, 9.17) is 0 Å². The van der Waals surface area contributed by atoms with E-state index in [1.54, 1.807) is 12.1 Å². The van der Waals surface area contributed by atoms with Gasteiger partial charge in [0.15, 0.2) is 0 Å². The molecule has 0 aliphatic carbocycles. The molecule has 0 fully saturated rings. The van der Waals surface area contributed by atoms with E-state index in [1.165, 1.54) is 17.7 Å². The number of benzene rings is 2. The van der Waals surface area contributed by atoms with Crippen LogP contribution in [-0.2, 0) is 21.2 Å². The summed E-state index contributed by atoms with van der Waals surface area (Å²) < 4.78 is 27.7. The van der Waals surface area contributed by atoms with Crippen LogP contribution in [0.4, 0.5) is 0 Å². The first-order chi connectivity index (χ1) is 13.3.